The maximum absolute atomic E-state index is 10.3. The van der Waals surface area contributed by atoms with E-state index in [0.29, 0.717) is 11.3 Å². The van der Waals surface area contributed by atoms with Crippen molar-refractivity contribution in [3.05, 3.63) is 29.8 Å². The number of rotatable bonds is 3. The Morgan fingerprint density at radius 1 is 1.31 bits per heavy atom. The molecule has 0 spiro atoms. The third kappa shape index (κ3) is 2.28. The Balaban J connectivity index is 2.85. The lowest BCUT2D eigenvalue weighted by atomic mass is 10.2. The van der Waals surface area contributed by atoms with Crippen molar-refractivity contribution in [1.29, 1.82) is 0 Å². The topological polar surface area (TPSA) is 84.7 Å². The van der Waals surface area contributed by atoms with Gasteiger partial charge in [-0.05, 0) is 24.3 Å². The zero-order valence-corrected chi connectivity index (χ0v) is 6.92. The summed E-state index contributed by atoms with van der Waals surface area (Å²) in [4.78, 5) is 10.3. The molecular weight excluding hydrogens is 168 g/mol. The van der Waals surface area contributed by atoms with Crippen molar-refractivity contribution in [3.63, 3.8) is 0 Å². The van der Waals surface area contributed by atoms with E-state index < -0.39 is 0 Å². The second-order valence-corrected chi connectivity index (χ2v) is 2.38. The van der Waals surface area contributed by atoms with E-state index in [0.717, 1.165) is 6.29 Å². The standard InChI is InChI=1S/C8H10N4O/c9-11-6-12(10)8-3-1-7(5-13)2-4-8/h1-6H,9-10H2/b11-6-. The van der Waals surface area contributed by atoms with Crippen LogP contribution in [0, 0.1) is 0 Å². The van der Waals surface area contributed by atoms with Gasteiger partial charge in [-0.1, -0.05) is 0 Å². The third-order valence-corrected chi connectivity index (χ3v) is 1.52. The van der Waals surface area contributed by atoms with Gasteiger partial charge < -0.3 is 5.84 Å². The molecule has 4 N–H and O–H groups in total. The minimum Gasteiger partial charge on any atom is -0.322 e. The first-order chi connectivity index (χ1) is 6.27. The van der Waals surface area contributed by atoms with Gasteiger partial charge in [0, 0.05) is 5.56 Å². The lowest BCUT2D eigenvalue weighted by Gasteiger charge is -2.11. The molecular formula is C8H10N4O. The summed E-state index contributed by atoms with van der Waals surface area (Å²) in [5.41, 5.74) is 1.31. The largest absolute Gasteiger partial charge is 0.322 e. The molecule has 0 radical (unpaired) electrons. The van der Waals surface area contributed by atoms with Crippen LogP contribution in [-0.2, 0) is 0 Å². The van der Waals surface area contributed by atoms with Gasteiger partial charge in [-0.25, -0.2) is 5.84 Å². The molecule has 0 amide bonds. The van der Waals surface area contributed by atoms with Crippen molar-refractivity contribution < 1.29 is 4.79 Å². The quantitative estimate of drug-likeness (QED) is 0.226. The highest BCUT2D eigenvalue weighted by atomic mass is 16.1. The molecule has 0 bridgehead atoms. The molecule has 1 rings (SSSR count). The van der Waals surface area contributed by atoms with E-state index in [1.807, 2.05) is 0 Å². The molecule has 5 heteroatoms. The Labute approximate surface area is 75.6 Å². The van der Waals surface area contributed by atoms with Crippen LogP contribution in [0.25, 0.3) is 0 Å². The molecule has 0 unspecified atom stereocenters. The molecule has 0 aliphatic heterocycles. The van der Waals surface area contributed by atoms with E-state index in [4.69, 9.17) is 11.7 Å². The van der Waals surface area contributed by atoms with Crippen LogP contribution in [0.2, 0.25) is 0 Å². The molecule has 0 fully saturated rings. The number of hydrazone groups is 1. The minimum atomic E-state index is 0.599. The summed E-state index contributed by atoms with van der Waals surface area (Å²) < 4.78 is 0. The maximum atomic E-state index is 10.3. The molecule has 13 heavy (non-hydrogen) atoms. The number of hydrazine groups is 1. The Bertz CT molecular complexity index is 306. The summed E-state index contributed by atoms with van der Waals surface area (Å²) in [5, 5.41) is 4.52. The van der Waals surface area contributed by atoms with Crippen molar-refractivity contribution in [3.8, 4) is 0 Å². The third-order valence-electron chi connectivity index (χ3n) is 1.52. The van der Waals surface area contributed by atoms with Crippen LogP contribution in [0.1, 0.15) is 10.4 Å². The van der Waals surface area contributed by atoms with E-state index in [9.17, 15) is 4.79 Å². The highest BCUT2D eigenvalue weighted by Crippen LogP contribution is 2.09. The molecule has 0 saturated carbocycles. The van der Waals surface area contributed by atoms with Crippen molar-refractivity contribution >= 4 is 18.3 Å². The Hall–Kier alpha value is -1.88. The fourth-order valence-electron chi connectivity index (χ4n) is 0.864. The van der Waals surface area contributed by atoms with E-state index in [1.165, 1.54) is 11.3 Å². The van der Waals surface area contributed by atoms with Gasteiger partial charge in [-0.15, -0.1) is 0 Å². The molecule has 1 aromatic rings. The Kier molecular flexibility index (Phi) is 2.99. The fraction of sp³-hybridized carbons (Fsp3) is 0. The van der Waals surface area contributed by atoms with Crippen molar-refractivity contribution in [1.82, 2.24) is 0 Å². The smallest absolute Gasteiger partial charge is 0.150 e. The highest BCUT2D eigenvalue weighted by Gasteiger charge is 1.97. The zero-order valence-electron chi connectivity index (χ0n) is 6.92. The van der Waals surface area contributed by atoms with E-state index in [2.05, 4.69) is 5.10 Å². The van der Waals surface area contributed by atoms with Gasteiger partial charge in [0.25, 0.3) is 0 Å². The monoisotopic (exact) mass is 178 g/mol. The van der Waals surface area contributed by atoms with Gasteiger partial charge in [0.05, 0.1) is 5.69 Å². The van der Waals surface area contributed by atoms with Gasteiger partial charge in [0.15, 0.2) is 0 Å². The molecule has 0 aromatic heterocycles. The van der Waals surface area contributed by atoms with Crippen LogP contribution < -0.4 is 16.7 Å². The second-order valence-electron chi connectivity index (χ2n) is 2.38. The van der Waals surface area contributed by atoms with E-state index >= 15 is 0 Å². The summed E-state index contributed by atoms with van der Waals surface area (Å²) in [7, 11) is 0. The Morgan fingerprint density at radius 3 is 2.38 bits per heavy atom. The lowest BCUT2D eigenvalue weighted by molar-refractivity contribution is 0.112. The summed E-state index contributed by atoms with van der Waals surface area (Å²) in [6, 6.07) is 6.72. The molecule has 68 valence electrons. The number of carbonyl (C=O) groups is 1. The predicted octanol–water partition coefficient (Wildman–Crippen LogP) is 0.0812. The van der Waals surface area contributed by atoms with E-state index in [1.54, 1.807) is 24.3 Å². The van der Waals surface area contributed by atoms with Gasteiger partial charge >= 0.3 is 0 Å². The number of benzene rings is 1. The number of nitrogens with two attached hydrogens (primary N) is 2. The molecule has 5 nitrogen and oxygen atoms in total. The fourth-order valence-corrected chi connectivity index (χ4v) is 0.864. The normalized spacial score (nSPS) is 10.2. The number of nitrogens with zero attached hydrogens (tertiary/aromatic N) is 2. The van der Waals surface area contributed by atoms with Gasteiger partial charge in [0.2, 0.25) is 0 Å². The number of hydrogen-bond donors (Lipinski definition) is 2. The average molecular weight is 178 g/mol. The zero-order chi connectivity index (χ0) is 9.68. The van der Waals surface area contributed by atoms with E-state index in [-0.39, 0.29) is 0 Å². The first kappa shape index (κ1) is 9.21. The van der Waals surface area contributed by atoms with Crippen LogP contribution in [0.4, 0.5) is 5.69 Å². The van der Waals surface area contributed by atoms with Gasteiger partial charge in [-0.3, -0.25) is 9.80 Å². The molecule has 0 aliphatic carbocycles. The Morgan fingerprint density at radius 2 is 1.92 bits per heavy atom. The predicted molar refractivity (Wildman–Crippen MR) is 51.2 cm³/mol. The van der Waals surface area contributed by atoms with Crippen molar-refractivity contribution in [2.45, 2.75) is 0 Å². The van der Waals surface area contributed by atoms with Crippen LogP contribution in [0.3, 0.4) is 0 Å². The number of aldehydes is 1. The van der Waals surface area contributed by atoms with Gasteiger partial charge in [0.1, 0.15) is 12.6 Å². The maximum Gasteiger partial charge on any atom is 0.150 e. The molecule has 0 atom stereocenters. The minimum absolute atomic E-state index is 0.599. The highest BCUT2D eigenvalue weighted by molar-refractivity contribution is 5.80. The van der Waals surface area contributed by atoms with Crippen LogP contribution in [0.15, 0.2) is 29.4 Å². The van der Waals surface area contributed by atoms with Crippen molar-refractivity contribution in [2.75, 3.05) is 5.01 Å². The van der Waals surface area contributed by atoms with Gasteiger partial charge in [-0.2, -0.15) is 5.10 Å². The number of anilines is 1. The first-order valence-electron chi connectivity index (χ1n) is 3.60. The molecule has 0 aliphatic rings. The summed E-state index contributed by atoms with van der Waals surface area (Å²) in [6.45, 7) is 0. The molecule has 1 aromatic carbocycles. The molecule has 0 heterocycles. The van der Waals surface area contributed by atoms with Crippen LogP contribution >= 0.6 is 0 Å². The average Bonchev–Trinajstić information content (AvgIpc) is 2.18. The van der Waals surface area contributed by atoms with Crippen LogP contribution in [-0.4, -0.2) is 12.6 Å². The van der Waals surface area contributed by atoms with Crippen molar-refractivity contribution in [2.24, 2.45) is 16.8 Å². The first-order valence-corrected chi connectivity index (χ1v) is 3.60. The number of hydrogen-bond acceptors (Lipinski definition) is 4. The SMILES string of the molecule is N/N=C\N(N)c1ccc(C=O)cc1. The molecule has 0 saturated heterocycles. The summed E-state index contributed by atoms with van der Waals surface area (Å²) in [5.74, 6) is 10.4. The van der Waals surface area contributed by atoms with Crippen LogP contribution in [0.5, 0.6) is 0 Å². The summed E-state index contributed by atoms with van der Waals surface area (Å²) in [6.07, 6.45) is 2.04. The number of carbonyl (C=O) groups excluding carboxylic acids is 1. The lowest BCUT2D eigenvalue weighted by Crippen LogP contribution is -2.29. The second kappa shape index (κ2) is 4.22. The summed E-state index contributed by atoms with van der Waals surface area (Å²) >= 11 is 0.